The van der Waals surface area contributed by atoms with E-state index in [1.54, 1.807) is 0 Å². The summed E-state index contributed by atoms with van der Waals surface area (Å²) in [6, 6.07) is 6.30. The van der Waals surface area contributed by atoms with Gasteiger partial charge in [0.1, 0.15) is 13.6 Å². The molecule has 0 atom stereocenters. The summed E-state index contributed by atoms with van der Waals surface area (Å²) in [7, 11) is 2.10. The summed E-state index contributed by atoms with van der Waals surface area (Å²) in [4.78, 5) is 0. The molecule has 1 aromatic rings. The highest BCUT2D eigenvalue weighted by molar-refractivity contribution is 6.32. The first kappa shape index (κ1) is 10.2. The Labute approximate surface area is 81.5 Å². The number of hydrogen-bond acceptors (Lipinski definition) is 1. The van der Waals surface area contributed by atoms with Crippen LogP contribution < -0.4 is 10.2 Å². The minimum atomic E-state index is 0.834. The second kappa shape index (κ2) is 4.95. The van der Waals surface area contributed by atoms with Crippen molar-refractivity contribution in [3.05, 3.63) is 23.8 Å². The zero-order valence-corrected chi connectivity index (χ0v) is 8.76. The molecule has 0 radical (unpaired) electrons. The van der Waals surface area contributed by atoms with Crippen molar-refractivity contribution in [1.82, 2.24) is 0 Å². The van der Waals surface area contributed by atoms with Gasteiger partial charge in [-0.15, -0.1) is 0 Å². The van der Waals surface area contributed by atoms with Crippen LogP contribution in [0.1, 0.15) is 25.3 Å². The van der Waals surface area contributed by atoms with E-state index in [4.69, 9.17) is 4.74 Å². The maximum Gasteiger partial charge on any atom is 0.139 e. The van der Waals surface area contributed by atoms with Crippen LogP contribution in [-0.4, -0.2) is 14.5 Å². The van der Waals surface area contributed by atoms with Crippen LogP contribution in [0.3, 0.4) is 0 Å². The van der Waals surface area contributed by atoms with E-state index in [1.807, 2.05) is 0 Å². The van der Waals surface area contributed by atoms with Crippen LogP contribution in [-0.2, 0) is 0 Å². The van der Waals surface area contributed by atoms with Crippen molar-refractivity contribution in [3.63, 3.8) is 0 Å². The van der Waals surface area contributed by atoms with E-state index >= 15 is 0 Å². The Hall–Kier alpha value is -0.915. The molecule has 0 aromatic heterocycles. The first-order valence-electron chi connectivity index (χ1n) is 4.94. The molecule has 1 aromatic carbocycles. The van der Waals surface area contributed by atoms with Gasteiger partial charge in [0.2, 0.25) is 0 Å². The van der Waals surface area contributed by atoms with Gasteiger partial charge in [-0.3, -0.25) is 0 Å². The lowest BCUT2D eigenvalue weighted by atomic mass is 9.94. The Morgan fingerprint density at radius 1 is 1.38 bits per heavy atom. The lowest BCUT2D eigenvalue weighted by molar-refractivity contribution is 0.307. The van der Waals surface area contributed by atoms with Crippen molar-refractivity contribution in [2.45, 2.75) is 26.7 Å². The fourth-order valence-corrected chi connectivity index (χ4v) is 1.29. The Morgan fingerprint density at radius 3 is 2.77 bits per heavy atom. The minimum Gasteiger partial charge on any atom is -0.493 e. The van der Waals surface area contributed by atoms with Gasteiger partial charge in [0.15, 0.2) is 0 Å². The Balaban J connectivity index is 2.56. The van der Waals surface area contributed by atoms with Gasteiger partial charge in [-0.05, 0) is 25.0 Å². The molecule has 0 bridgehead atoms. The van der Waals surface area contributed by atoms with Crippen molar-refractivity contribution in [1.29, 1.82) is 0 Å². The summed E-state index contributed by atoms with van der Waals surface area (Å²) in [5.74, 6) is 1.03. The molecule has 0 heterocycles. The van der Waals surface area contributed by atoms with Crippen molar-refractivity contribution >= 4 is 13.3 Å². The predicted molar refractivity (Wildman–Crippen MR) is 59.8 cm³/mol. The summed E-state index contributed by atoms with van der Waals surface area (Å²) in [6.07, 6.45) is 2.32. The molecule has 0 aliphatic carbocycles. The molecular weight excluding hydrogens is 159 g/mol. The van der Waals surface area contributed by atoms with Gasteiger partial charge in [-0.25, -0.2) is 0 Å². The number of hydrogen-bond donors (Lipinski definition) is 0. The van der Waals surface area contributed by atoms with E-state index in [-0.39, 0.29) is 0 Å². The first-order chi connectivity index (χ1) is 6.24. The van der Waals surface area contributed by atoms with Gasteiger partial charge >= 0.3 is 0 Å². The molecule has 0 spiro atoms. The van der Waals surface area contributed by atoms with Crippen LogP contribution in [0, 0.1) is 6.92 Å². The molecule has 0 N–H and O–H groups in total. The quantitative estimate of drug-likeness (QED) is 0.498. The highest BCUT2D eigenvalue weighted by atomic mass is 16.5. The molecule has 2 heteroatoms. The largest absolute Gasteiger partial charge is 0.493 e. The highest BCUT2D eigenvalue weighted by Gasteiger charge is 1.97. The zero-order valence-electron chi connectivity index (χ0n) is 8.76. The second-order valence-electron chi connectivity index (χ2n) is 3.47. The van der Waals surface area contributed by atoms with Gasteiger partial charge in [0.05, 0.1) is 6.61 Å². The highest BCUT2D eigenvalue weighted by Crippen LogP contribution is 2.15. The molecule has 13 heavy (non-hydrogen) atoms. The van der Waals surface area contributed by atoms with Crippen LogP contribution in [0.4, 0.5) is 0 Å². The topological polar surface area (TPSA) is 9.23 Å². The standard InChI is InChI=1S/C11H17BO/c1-3-4-7-13-11-6-5-10(12)8-9(11)2/h5-6,8H,3-4,7,12H2,1-2H3. The van der Waals surface area contributed by atoms with Crippen molar-refractivity contribution in [3.8, 4) is 5.75 Å². The number of unbranched alkanes of at least 4 members (excludes halogenated alkanes) is 1. The third-order valence-electron chi connectivity index (χ3n) is 2.09. The minimum absolute atomic E-state index is 0.834. The van der Waals surface area contributed by atoms with Crippen LogP contribution in [0.15, 0.2) is 18.2 Å². The van der Waals surface area contributed by atoms with E-state index in [1.165, 1.54) is 17.4 Å². The van der Waals surface area contributed by atoms with Crippen LogP contribution in [0.2, 0.25) is 0 Å². The molecule has 70 valence electrons. The molecule has 1 rings (SSSR count). The lowest BCUT2D eigenvalue weighted by Gasteiger charge is -2.08. The Morgan fingerprint density at radius 2 is 2.15 bits per heavy atom. The third kappa shape index (κ3) is 3.13. The molecule has 0 amide bonds. The molecule has 1 nitrogen and oxygen atoms in total. The fraction of sp³-hybridized carbons (Fsp3) is 0.455. The summed E-state index contributed by atoms with van der Waals surface area (Å²) >= 11 is 0. The number of rotatable bonds is 4. The van der Waals surface area contributed by atoms with Gasteiger partial charge < -0.3 is 4.74 Å². The Kier molecular flexibility index (Phi) is 3.87. The summed E-state index contributed by atoms with van der Waals surface area (Å²) in [5.41, 5.74) is 2.52. The molecule has 0 aliphatic heterocycles. The SMILES string of the molecule is Bc1ccc(OCCCC)c(C)c1. The van der Waals surface area contributed by atoms with Gasteiger partial charge in [-0.1, -0.05) is 30.9 Å². The average molecular weight is 176 g/mol. The smallest absolute Gasteiger partial charge is 0.139 e. The molecule has 0 saturated carbocycles. The van der Waals surface area contributed by atoms with Gasteiger partial charge in [0.25, 0.3) is 0 Å². The van der Waals surface area contributed by atoms with Crippen molar-refractivity contribution in [2.24, 2.45) is 0 Å². The van der Waals surface area contributed by atoms with Crippen molar-refractivity contribution < 1.29 is 4.74 Å². The van der Waals surface area contributed by atoms with Crippen LogP contribution >= 0.6 is 0 Å². The van der Waals surface area contributed by atoms with Gasteiger partial charge in [0, 0.05) is 0 Å². The second-order valence-corrected chi connectivity index (χ2v) is 3.47. The lowest BCUT2D eigenvalue weighted by Crippen LogP contribution is -2.04. The zero-order chi connectivity index (χ0) is 9.68. The summed E-state index contributed by atoms with van der Waals surface area (Å²) in [5, 5.41) is 0. The maximum absolute atomic E-state index is 5.63. The number of benzene rings is 1. The van der Waals surface area contributed by atoms with Gasteiger partial charge in [-0.2, -0.15) is 0 Å². The monoisotopic (exact) mass is 176 g/mol. The van der Waals surface area contributed by atoms with Crippen LogP contribution in [0.5, 0.6) is 5.75 Å². The van der Waals surface area contributed by atoms with E-state index in [2.05, 4.69) is 39.9 Å². The van der Waals surface area contributed by atoms with E-state index in [0.29, 0.717) is 0 Å². The fourth-order valence-electron chi connectivity index (χ4n) is 1.29. The summed E-state index contributed by atoms with van der Waals surface area (Å²) < 4.78 is 5.63. The average Bonchev–Trinajstić information content (AvgIpc) is 2.09. The normalized spacial score (nSPS) is 10.0. The van der Waals surface area contributed by atoms with Crippen molar-refractivity contribution in [2.75, 3.05) is 6.61 Å². The molecule has 0 aliphatic rings. The van der Waals surface area contributed by atoms with E-state index in [9.17, 15) is 0 Å². The predicted octanol–water partition coefficient (Wildman–Crippen LogP) is 1.43. The van der Waals surface area contributed by atoms with E-state index in [0.717, 1.165) is 18.8 Å². The first-order valence-corrected chi connectivity index (χ1v) is 4.94. The third-order valence-corrected chi connectivity index (χ3v) is 2.09. The molecule has 0 unspecified atom stereocenters. The molecule has 0 fully saturated rings. The number of ether oxygens (including phenoxy) is 1. The molecular formula is C11H17BO. The Bertz CT molecular complexity index is 271. The maximum atomic E-state index is 5.63. The summed E-state index contributed by atoms with van der Waals surface area (Å²) in [6.45, 7) is 5.10. The van der Waals surface area contributed by atoms with E-state index < -0.39 is 0 Å². The molecule has 0 saturated heterocycles. The van der Waals surface area contributed by atoms with Crippen LogP contribution in [0.25, 0.3) is 0 Å². The number of aryl methyl sites for hydroxylation is 1.